The second kappa shape index (κ2) is 6.54. The third-order valence-corrected chi connectivity index (χ3v) is 4.61. The van der Waals surface area contributed by atoms with Gasteiger partial charge in [0.15, 0.2) is 0 Å². The van der Waals surface area contributed by atoms with Crippen LogP contribution in [0.3, 0.4) is 0 Å². The van der Waals surface area contributed by atoms with Crippen LogP contribution in [-0.2, 0) is 18.4 Å². The van der Waals surface area contributed by atoms with Gasteiger partial charge >= 0.3 is 0 Å². The summed E-state index contributed by atoms with van der Waals surface area (Å²) in [6, 6.07) is 1.82. The van der Waals surface area contributed by atoms with Crippen molar-refractivity contribution in [3.8, 4) is 0 Å². The molecule has 1 amide bonds. The number of amides is 1. The maximum Gasteiger partial charge on any atom is 0.268 e. The average Bonchev–Trinajstić information content (AvgIpc) is 3.09. The number of nitrogens with one attached hydrogen (secondary N) is 2. The van der Waals surface area contributed by atoms with Crippen molar-refractivity contribution in [1.82, 2.24) is 24.6 Å². The molecule has 0 spiro atoms. The molecule has 9 heteroatoms. The number of nitrogens with zero attached hydrogens (tertiary/aromatic N) is 4. The van der Waals surface area contributed by atoms with Gasteiger partial charge in [-0.1, -0.05) is 0 Å². The zero-order valence-electron chi connectivity index (χ0n) is 13.7. The van der Waals surface area contributed by atoms with Crippen molar-refractivity contribution >= 4 is 33.1 Å². The molecule has 126 valence electrons. The second-order valence-corrected chi connectivity index (χ2v) is 6.55. The highest BCUT2D eigenvalue weighted by Crippen LogP contribution is 2.14. The standard InChI is InChI=1S/C15H18N6O2S/c1-9-11(6-16-21(9)3)18-13(22)8-20(2)7-12-17-10-4-5-24-14(10)15(23)19-12/h4-6H,7-8H2,1-3H3,(H,18,22)(H,17,19,23). The average molecular weight is 346 g/mol. The monoisotopic (exact) mass is 346 g/mol. The molecule has 0 atom stereocenters. The first-order chi connectivity index (χ1) is 11.4. The van der Waals surface area contributed by atoms with Crippen LogP contribution in [0.2, 0.25) is 0 Å². The summed E-state index contributed by atoms with van der Waals surface area (Å²) in [7, 11) is 3.62. The Balaban J connectivity index is 1.63. The molecule has 3 heterocycles. The van der Waals surface area contributed by atoms with Crippen molar-refractivity contribution < 1.29 is 4.79 Å². The summed E-state index contributed by atoms with van der Waals surface area (Å²) in [4.78, 5) is 33.0. The number of carbonyl (C=O) groups is 1. The van der Waals surface area contributed by atoms with Gasteiger partial charge in [0.25, 0.3) is 5.56 Å². The molecule has 2 N–H and O–H groups in total. The highest BCUT2D eigenvalue weighted by atomic mass is 32.1. The number of anilines is 1. The van der Waals surface area contributed by atoms with Crippen molar-refractivity contribution in [2.45, 2.75) is 13.5 Å². The van der Waals surface area contributed by atoms with Crippen LogP contribution in [0.4, 0.5) is 5.69 Å². The van der Waals surface area contributed by atoms with E-state index in [0.717, 1.165) is 5.69 Å². The molecule has 8 nitrogen and oxygen atoms in total. The van der Waals surface area contributed by atoms with E-state index in [2.05, 4.69) is 20.4 Å². The van der Waals surface area contributed by atoms with Crippen molar-refractivity contribution in [2.75, 3.05) is 18.9 Å². The lowest BCUT2D eigenvalue weighted by Crippen LogP contribution is -2.31. The minimum absolute atomic E-state index is 0.145. The number of H-pyrrole nitrogens is 1. The Bertz CT molecular complexity index is 941. The molecule has 0 bridgehead atoms. The minimum atomic E-state index is -0.146. The molecule has 0 aliphatic heterocycles. The van der Waals surface area contributed by atoms with Crippen LogP contribution < -0.4 is 10.9 Å². The number of aromatic nitrogens is 4. The number of thiophene rings is 1. The number of aryl methyl sites for hydroxylation is 1. The first-order valence-electron chi connectivity index (χ1n) is 7.37. The molecule has 0 saturated carbocycles. The number of carbonyl (C=O) groups excluding carboxylic acids is 1. The predicted octanol–water partition coefficient (Wildman–Crippen LogP) is 1.10. The van der Waals surface area contributed by atoms with E-state index in [1.165, 1.54) is 11.3 Å². The molecule has 0 aliphatic rings. The molecule has 0 saturated heterocycles. The Hall–Kier alpha value is -2.52. The SMILES string of the molecule is Cc1c(NC(=O)CN(C)Cc2nc3ccsc3c(=O)[nH]2)cnn1C. The van der Waals surface area contributed by atoms with Gasteiger partial charge in [-0.2, -0.15) is 5.10 Å². The van der Waals surface area contributed by atoms with Crippen LogP contribution in [0.1, 0.15) is 11.5 Å². The van der Waals surface area contributed by atoms with Crippen molar-refractivity contribution in [1.29, 1.82) is 0 Å². The smallest absolute Gasteiger partial charge is 0.268 e. The quantitative estimate of drug-likeness (QED) is 0.721. The first kappa shape index (κ1) is 16.3. The fraction of sp³-hybridized carbons (Fsp3) is 0.333. The maximum atomic E-state index is 12.1. The van der Waals surface area contributed by atoms with Crippen molar-refractivity contribution in [3.05, 3.63) is 39.5 Å². The van der Waals surface area contributed by atoms with E-state index < -0.39 is 0 Å². The van der Waals surface area contributed by atoms with Gasteiger partial charge in [0.1, 0.15) is 10.5 Å². The largest absolute Gasteiger partial charge is 0.322 e. The highest BCUT2D eigenvalue weighted by molar-refractivity contribution is 7.17. The van der Waals surface area contributed by atoms with E-state index in [4.69, 9.17) is 0 Å². The van der Waals surface area contributed by atoms with E-state index in [1.807, 2.05) is 25.4 Å². The normalized spacial score (nSPS) is 11.3. The number of rotatable bonds is 5. The van der Waals surface area contributed by atoms with E-state index >= 15 is 0 Å². The van der Waals surface area contributed by atoms with Crippen molar-refractivity contribution in [2.24, 2.45) is 7.05 Å². The fourth-order valence-corrected chi connectivity index (χ4v) is 3.09. The molecular weight excluding hydrogens is 328 g/mol. The van der Waals surface area contributed by atoms with E-state index in [0.29, 0.717) is 28.3 Å². The molecule has 0 unspecified atom stereocenters. The van der Waals surface area contributed by atoms with Gasteiger partial charge in [-0.15, -0.1) is 11.3 Å². The number of likely N-dealkylation sites (N-methyl/N-ethyl adjacent to an activating group) is 1. The zero-order chi connectivity index (χ0) is 17.3. The summed E-state index contributed by atoms with van der Waals surface area (Å²) in [6.45, 7) is 2.44. The Labute approximate surface area is 142 Å². The van der Waals surface area contributed by atoms with Crippen LogP contribution in [0, 0.1) is 6.92 Å². The summed E-state index contributed by atoms with van der Waals surface area (Å²) in [5, 5.41) is 8.76. The van der Waals surface area contributed by atoms with Crippen LogP contribution in [0.25, 0.3) is 10.2 Å². The predicted molar refractivity (Wildman–Crippen MR) is 93.1 cm³/mol. The molecule has 3 aromatic rings. The van der Waals surface area contributed by atoms with Gasteiger partial charge in [0, 0.05) is 7.05 Å². The lowest BCUT2D eigenvalue weighted by molar-refractivity contribution is -0.117. The molecule has 3 rings (SSSR count). The van der Waals surface area contributed by atoms with Crippen LogP contribution >= 0.6 is 11.3 Å². The Kier molecular flexibility index (Phi) is 4.45. The second-order valence-electron chi connectivity index (χ2n) is 5.64. The molecule has 0 aliphatic carbocycles. The van der Waals surface area contributed by atoms with Gasteiger partial charge in [0.05, 0.1) is 36.2 Å². The van der Waals surface area contributed by atoms with Gasteiger partial charge in [0.2, 0.25) is 5.91 Å². The molecule has 3 aromatic heterocycles. The number of fused-ring (bicyclic) bond motifs is 1. The Morgan fingerprint density at radius 2 is 2.29 bits per heavy atom. The van der Waals surface area contributed by atoms with Gasteiger partial charge in [-0.3, -0.25) is 19.2 Å². The van der Waals surface area contributed by atoms with E-state index in [9.17, 15) is 9.59 Å². The Morgan fingerprint density at radius 3 is 3.00 bits per heavy atom. The first-order valence-corrected chi connectivity index (χ1v) is 8.25. The third-order valence-electron chi connectivity index (χ3n) is 3.71. The van der Waals surface area contributed by atoms with Crippen LogP contribution in [0.15, 0.2) is 22.4 Å². The molecular formula is C15H18N6O2S. The highest BCUT2D eigenvalue weighted by Gasteiger charge is 2.12. The molecule has 0 fully saturated rings. The van der Waals surface area contributed by atoms with E-state index in [-0.39, 0.29) is 18.0 Å². The number of aromatic amines is 1. The van der Waals surface area contributed by atoms with Gasteiger partial charge < -0.3 is 10.3 Å². The van der Waals surface area contributed by atoms with Gasteiger partial charge in [-0.05, 0) is 25.4 Å². The lowest BCUT2D eigenvalue weighted by Gasteiger charge is -2.15. The summed E-state index contributed by atoms with van der Waals surface area (Å²) in [5.41, 5.74) is 2.12. The van der Waals surface area contributed by atoms with Gasteiger partial charge in [-0.25, -0.2) is 4.98 Å². The number of hydrogen-bond donors (Lipinski definition) is 2. The molecule has 0 radical (unpaired) electrons. The maximum absolute atomic E-state index is 12.1. The summed E-state index contributed by atoms with van der Waals surface area (Å²) in [5.74, 6) is 0.395. The van der Waals surface area contributed by atoms with Crippen LogP contribution in [0.5, 0.6) is 0 Å². The number of hydrogen-bond acceptors (Lipinski definition) is 6. The summed E-state index contributed by atoms with van der Waals surface area (Å²) in [6.07, 6.45) is 1.62. The summed E-state index contributed by atoms with van der Waals surface area (Å²) >= 11 is 1.36. The summed E-state index contributed by atoms with van der Waals surface area (Å²) < 4.78 is 2.32. The van der Waals surface area contributed by atoms with Crippen molar-refractivity contribution in [3.63, 3.8) is 0 Å². The Morgan fingerprint density at radius 1 is 1.50 bits per heavy atom. The molecule has 24 heavy (non-hydrogen) atoms. The zero-order valence-corrected chi connectivity index (χ0v) is 14.5. The minimum Gasteiger partial charge on any atom is -0.322 e. The van der Waals surface area contributed by atoms with Crippen LogP contribution in [-0.4, -0.2) is 44.1 Å². The molecule has 0 aromatic carbocycles. The fourth-order valence-electron chi connectivity index (χ4n) is 2.36. The van der Waals surface area contributed by atoms with E-state index in [1.54, 1.807) is 22.8 Å². The third kappa shape index (κ3) is 3.36. The lowest BCUT2D eigenvalue weighted by atomic mass is 10.3. The topological polar surface area (TPSA) is 95.9 Å².